The molecule has 5 fully saturated rings. The molecule has 5 aliphatic rings. The number of hydrogen-bond donors (Lipinski definition) is 7. The number of carbonyl (C=O) groups excluding carboxylic acids is 3. The molecule has 0 radical (unpaired) electrons. The van der Waals surface area contributed by atoms with Crippen molar-refractivity contribution in [2.45, 2.75) is 62.0 Å². The first-order chi connectivity index (χ1) is 35.1. The lowest BCUT2D eigenvalue weighted by molar-refractivity contribution is -0.145. The molecule has 25 heteroatoms. The number of H-pyrrole nitrogens is 1. The van der Waals surface area contributed by atoms with Crippen molar-refractivity contribution in [3.8, 4) is 17.2 Å². The van der Waals surface area contributed by atoms with Gasteiger partial charge >= 0.3 is 6.18 Å². The van der Waals surface area contributed by atoms with E-state index < -0.39 is 41.3 Å². The summed E-state index contributed by atoms with van der Waals surface area (Å²) < 4.78 is 95.6. The fourth-order valence-electron chi connectivity index (χ4n) is 6.92. The van der Waals surface area contributed by atoms with Gasteiger partial charge in [-0.05, 0) is 62.1 Å². The quantitative estimate of drug-likeness (QED) is 0.0544. The summed E-state index contributed by atoms with van der Waals surface area (Å²) in [6, 6.07) is 12.6. The molecule has 3 aliphatic heterocycles. The van der Waals surface area contributed by atoms with Crippen LogP contribution in [0.4, 0.5) is 43.4 Å². The van der Waals surface area contributed by atoms with Gasteiger partial charge < -0.3 is 46.1 Å². The normalized spacial score (nSPS) is 16.4. The fourth-order valence-corrected chi connectivity index (χ4v) is 7.24. The first-order valence-corrected chi connectivity index (χ1v) is 23.4. The van der Waals surface area contributed by atoms with Crippen LogP contribution < -0.4 is 46.1 Å². The molecule has 3 saturated heterocycles. The Morgan fingerprint density at radius 1 is 0.562 bits per heavy atom. The van der Waals surface area contributed by atoms with Gasteiger partial charge in [-0.3, -0.25) is 19.5 Å². The van der Waals surface area contributed by atoms with Gasteiger partial charge in [-0.2, -0.15) is 18.3 Å². The number of anilines is 3. The van der Waals surface area contributed by atoms with Gasteiger partial charge in [0.1, 0.15) is 29.8 Å². The first-order valence-electron chi connectivity index (χ1n) is 23.0. The third-order valence-corrected chi connectivity index (χ3v) is 12.0. The van der Waals surface area contributed by atoms with E-state index in [0.29, 0.717) is 60.0 Å². The molecule has 0 spiro atoms. The molecule has 7 N–H and O–H groups in total. The molecule has 0 unspecified atom stereocenters. The van der Waals surface area contributed by atoms with Gasteiger partial charge in [0, 0.05) is 111 Å². The largest absolute Gasteiger partial charge is 0.485 e. The molecule has 2 saturated carbocycles. The number of amides is 3. The second kappa shape index (κ2) is 22.1. The Kier molecular flexibility index (Phi) is 15.3. The molecule has 6 aromatic rings. The summed E-state index contributed by atoms with van der Waals surface area (Å²) >= 11 is 6.20. The Morgan fingerprint density at radius 3 is 1.29 bits per heavy atom. The van der Waals surface area contributed by atoms with Gasteiger partial charge in [-0.15, -0.1) is 0 Å². The summed E-state index contributed by atoms with van der Waals surface area (Å²) in [5.74, 6) is -2.61. The number of hydrogen-bond acceptors (Lipinski definition) is 14. The maximum absolute atomic E-state index is 14.1. The minimum Gasteiger partial charge on any atom is -0.485 e. The number of nitrogens with zero attached hydrogens (tertiary/aromatic N) is 5. The molecule has 3 aromatic carbocycles. The minimum atomic E-state index is -4.69. The topological polar surface area (TPSA) is 231 Å². The molecule has 382 valence electrons. The second-order valence-electron chi connectivity index (χ2n) is 17.5. The summed E-state index contributed by atoms with van der Waals surface area (Å²) in [5, 5.41) is 23.8. The number of carbonyl (C=O) groups is 3. The lowest BCUT2D eigenvalue weighted by atomic mass is 10.2. The highest BCUT2D eigenvalue weighted by Gasteiger charge is 2.35. The Hall–Kier alpha value is -7.41. The number of rotatable bonds is 14. The van der Waals surface area contributed by atoms with Gasteiger partial charge in [0.15, 0.2) is 34.7 Å². The summed E-state index contributed by atoms with van der Waals surface area (Å²) in [5.41, 5.74) is 1.90. The molecule has 18 nitrogen and oxygen atoms in total. The van der Waals surface area contributed by atoms with Crippen LogP contribution >= 0.6 is 11.6 Å². The van der Waals surface area contributed by atoms with E-state index in [1.165, 1.54) is 48.8 Å². The van der Waals surface area contributed by atoms with E-state index in [0.717, 1.165) is 68.8 Å². The Labute approximate surface area is 416 Å². The number of benzene rings is 3. The van der Waals surface area contributed by atoms with Gasteiger partial charge in [0.25, 0.3) is 17.7 Å². The molecule has 3 aromatic heterocycles. The lowest BCUT2D eigenvalue weighted by Gasteiger charge is -2.28. The Morgan fingerprint density at radius 2 is 0.945 bits per heavy atom. The van der Waals surface area contributed by atoms with Gasteiger partial charge in [-0.25, -0.2) is 33.1 Å². The molecule has 2 aliphatic carbocycles. The van der Waals surface area contributed by atoms with Crippen LogP contribution in [0.15, 0.2) is 79.4 Å². The van der Waals surface area contributed by atoms with Crippen molar-refractivity contribution >= 4 is 46.4 Å². The smallest absolute Gasteiger partial charge is 0.451 e. The predicted octanol–water partition coefficient (Wildman–Crippen LogP) is 7.02. The molecule has 0 atom stereocenters. The van der Waals surface area contributed by atoms with Crippen LogP contribution in [0.5, 0.6) is 17.2 Å². The molecule has 0 bridgehead atoms. The van der Waals surface area contributed by atoms with E-state index in [1.54, 1.807) is 12.1 Å². The summed E-state index contributed by atoms with van der Waals surface area (Å²) in [6.45, 7) is 4.11. The average Bonchev–Trinajstić information content (AvgIpc) is 4.28. The standard InChI is InChI=1S/C17H17FN4O2.C16H16ClFN4O2.C15H12F4N4O2/c18-14-5-12(3-4-15(14)24-13-8-19-9-13)22-17(23)11-6-20-16(21-7-11)10-1-2-10;17-13-14(8-1-2-8)21-22-15(13)16(23)20-9-3-4-12(11(18)5-9)24-10-6-19-7-10;16-11-3-9(1-2-12(11)25-10-6-20-7-10)23-13(24)8-4-21-14(22-5-8)15(17,18)19/h3-7,10,13,19H,1-2,8-9H2,(H,22,23);3-5,8,10,19H,1-2,6-7H2,(H,20,23)(H,21,22);1-5,10,20H,6-7H2,(H,23,24). The molecular weight excluding hydrogens is 990 g/mol. The van der Waals surface area contributed by atoms with E-state index in [4.69, 9.17) is 25.8 Å². The van der Waals surface area contributed by atoms with Crippen LogP contribution in [-0.4, -0.2) is 105 Å². The molecule has 11 rings (SSSR count). The zero-order valence-electron chi connectivity index (χ0n) is 38.3. The number of aromatic amines is 1. The van der Waals surface area contributed by atoms with Crippen molar-refractivity contribution in [2.24, 2.45) is 0 Å². The average molecular weight is 1040 g/mol. The number of nitrogens with one attached hydrogen (secondary N) is 7. The van der Waals surface area contributed by atoms with Crippen molar-refractivity contribution in [1.82, 2.24) is 46.1 Å². The molecule has 73 heavy (non-hydrogen) atoms. The van der Waals surface area contributed by atoms with Crippen molar-refractivity contribution in [3.63, 3.8) is 0 Å². The number of halogens is 7. The first kappa shape index (κ1) is 50.5. The van der Waals surface area contributed by atoms with Crippen molar-refractivity contribution in [3.05, 3.63) is 136 Å². The van der Waals surface area contributed by atoms with Crippen molar-refractivity contribution < 1.29 is 54.9 Å². The highest BCUT2D eigenvalue weighted by atomic mass is 35.5. The molecular formula is C48H45ClF6N12O6. The monoisotopic (exact) mass is 1030 g/mol. The van der Waals surface area contributed by atoms with Crippen molar-refractivity contribution in [1.29, 1.82) is 0 Å². The highest BCUT2D eigenvalue weighted by Crippen LogP contribution is 2.43. The predicted molar refractivity (Wildman–Crippen MR) is 252 cm³/mol. The van der Waals surface area contributed by atoms with E-state index >= 15 is 0 Å². The minimum absolute atomic E-state index is 0.00192. The summed E-state index contributed by atoms with van der Waals surface area (Å²) in [7, 11) is 0. The van der Waals surface area contributed by atoms with Crippen LogP contribution in [0.1, 0.15) is 86.1 Å². The number of aromatic nitrogens is 6. The number of alkyl halides is 3. The van der Waals surface area contributed by atoms with Crippen molar-refractivity contribution in [2.75, 3.05) is 55.2 Å². The summed E-state index contributed by atoms with van der Waals surface area (Å²) in [6.07, 6.45) is 4.01. The van der Waals surface area contributed by atoms with E-state index in [-0.39, 0.29) is 58.4 Å². The molecule has 6 heterocycles. The van der Waals surface area contributed by atoms with E-state index in [2.05, 4.69) is 62.0 Å². The second-order valence-corrected chi connectivity index (χ2v) is 17.8. The van der Waals surface area contributed by atoms with Gasteiger partial charge in [0.05, 0.1) is 21.8 Å². The van der Waals surface area contributed by atoms with Gasteiger partial charge in [-0.1, -0.05) is 11.6 Å². The third kappa shape index (κ3) is 13.2. The van der Waals surface area contributed by atoms with Crippen LogP contribution in [0.2, 0.25) is 5.02 Å². The van der Waals surface area contributed by atoms with E-state index in [9.17, 15) is 40.7 Å². The SMILES string of the molecule is O=C(Nc1ccc(OC2CNC2)c(F)c1)c1[nH]nc(C2CC2)c1Cl.O=C(Nc1ccc(OC2CNC2)c(F)c1)c1cnc(C(F)(F)F)nc1.O=C(Nc1ccc(OC2CNC2)c(F)c1)c1cnc(C2CC2)nc1. The van der Waals surface area contributed by atoms with E-state index in [1.807, 2.05) is 0 Å². The molecule has 3 amide bonds. The zero-order chi connectivity index (χ0) is 51.2. The fraction of sp³-hybridized carbons (Fsp3) is 0.333. The highest BCUT2D eigenvalue weighted by molar-refractivity contribution is 6.34. The Bertz CT molecular complexity index is 2950. The third-order valence-electron chi connectivity index (χ3n) is 11.6. The lowest BCUT2D eigenvalue weighted by Crippen LogP contribution is -2.50. The maximum atomic E-state index is 14.1. The summed E-state index contributed by atoms with van der Waals surface area (Å²) in [4.78, 5) is 51.1. The van der Waals surface area contributed by atoms with Crippen LogP contribution in [0.3, 0.4) is 0 Å². The van der Waals surface area contributed by atoms with Crippen LogP contribution in [0, 0.1) is 17.5 Å². The zero-order valence-corrected chi connectivity index (χ0v) is 39.1. The number of ether oxygens (including phenoxy) is 3. The van der Waals surface area contributed by atoms with Crippen LogP contribution in [-0.2, 0) is 6.18 Å². The maximum Gasteiger partial charge on any atom is 0.451 e. The Balaban J connectivity index is 0.000000135. The van der Waals surface area contributed by atoms with Gasteiger partial charge in [0.2, 0.25) is 5.82 Å². The van der Waals surface area contributed by atoms with Crippen LogP contribution in [0.25, 0.3) is 0 Å².